The van der Waals surface area contributed by atoms with E-state index in [4.69, 9.17) is 9.40 Å². The van der Waals surface area contributed by atoms with E-state index in [-0.39, 0.29) is 5.56 Å². The fraction of sp³-hybridized carbons (Fsp3) is 0.304. The number of rotatable bonds is 5. The first-order valence-electron chi connectivity index (χ1n) is 9.95. The molecule has 4 aromatic rings. The van der Waals surface area contributed by atoms with Gasteiger partial charge >= 0.3 is 0 Å². The largest absolute Gasteiger partial charge is 0.467 e. The SMILES string of the molecule is Cc1ccccc1CSc1nc2sc3c(c2c(=O)n1Cc1ccco1)CCCC3. The molecule has 0 unspecified atom stereocenters. The van der Waals surface area contributed by atoms with Crippen LogP contribution < -0.4 is 5.56 Å². The van der Waals surface area contributed by atoms with E-state index < -0.39 is 0 Å². The molecule has 0 fully saturated rings. The van der Waals surface area contributed by atoms with Crippen molar-refractivity contribution in [1.29, 1.82) is 0 Å². The van der Waals surface area contributed by atoms with Crippen molar-refractivity contribution in [2.45, 2.75) is 50.1 Å². The van der Waals surface area contributed by atoms with Crippen molar-refractivity contribution in [3.63, 3.8) is 0 Å². The highest BCUT2D eigenvalue weighted by Crippen LogP contribution is 2.35. The normalized spacial score (nSPS) is 13.7. The van der Waals surface area contributed by atoms with Crippen LogP contribution in [0, 0.1) is 6.92 Å². The Labute approximate surface area is 177 Å². The van der Waals surface area contributed by atoms with E-state index in [1.54, 1.807) is 33.9 Å². The van der Waals surface area contributed by atoms with Gasteiger partial charge in [0.25, 0.3) is 5.56 Å². The first-order valence-corrected chi connectivity index (χ1v) is 11.8. The standard InChI is InChI=1S/C23H22N2O2S2/c1-15-7-2-3-8-16(15)14-28-23-24-21-20(18-10-4-5-11-19(18)29-21)22(26)25(23)13-17-9-6-12-27-17/h2-3,6-9,12H,4-5,10-11,13-14H2,1H3. The van der Waals surface area contributed by atoms with E-state index in [2.05, 4.69) is 31.2 Å². The molecule has 0 bridgehead atoms. The van der Waals surface area contributed by atoms with Gasteiger partial charge in [0, 0.05) is 10.6 Å². The van der Waals surface area contributed by atoms with Crippen LogP contribution in [0.3, 0.4) is 0 Å². The van der Waals surface area contributed by atoms with Gasteiger partial charge in [0.05, 0.1) is 18.2 Å². The number of aryl methyl sites for hydroxylation is 3. The molecule has 1 aromatic carbocycles. The highest BCUT2D eigenvalue weighted by atomic mass is 32.2. The molecule has 1 aliphatic rings. The van der Waals surface area contributed by atoms with Crippen LogP contribution in [0.5, 0.6) is 0 Å². The monoisotopic (exact) mass is 422 g/mol. The van der Waals surface area contributed by atoms with Gasteiger partial charge in [0.2, 0.25) is 0 Å². The van der Waals surface area contributed by atoms with Gasteiger partial charge in [0.1, 0.15) is 10.6 Å². The second-order valence-electron chi connectivity index (χ2n) is 7.47. The minimum Gasteiger partial charge on any atom is -0.467 e. The van der Waals surface area contributed by atoms with Gasteiger partial charge in [-0.2, -0.15) is 0 Å². The fourth-order valence-electron chi connectivity index (χ4n) is 3.94. The van der Waals surface area contributed by atoms with Crippen LogP contribution in [0.4, 0.5) is 0 Å². The Kier molecular flexibility index (Phi) is 5.06. The predicted molar refractivity (Wildman–Crippen MR) is 119 cm³/mol. The summed E-state index contributed by atoms with van der Waals surface area (Å²) in [5.41, 5.74) is 3.82. The van der Waals surface area contributed by atoms with E-state index in [1.165, 1.54) is 28.0 Å². The Bertz CT molecular complexity index is 1220. The van der Waals surface area contributed by atoms with Crippen molar-refractivity contribution < 1.29 is 4.42 Å². The minimum atomic E-state index is 0.0677. The fourth-order valence-corrected chi connectivity index (χ4v) is 6.32. The van der Waals surface area contributed by atoms with Crippen molar-refractivity contribution in [1.82, 2.24) is 9.55 Å². The average Bonchev–Trinajstić information content (AvgIpc) is 3.37. The smallest absolute Gasteiger partial charge is 0.263 e. The summed E-state index contributed by atoms with van der Waals surface area (Å²) in [6, 6.07) is 12.1. The molecule has 0 N–H and O–H groups in total. The number of fused-ring (bicyclic) bond motifs is 3. The summed E-state index contributed by atoms with van der Waals surface area (Å²) >= 11 is 3.34. The summed E-state index contributed by atoms with van der Waals surface area (Å²) in [5.74, 6) is 1.56. The van der Waals surface area contributed by atoms with Crippen molar-refractivity contribution in [3.05, 3.63) is 80.3 Å². The maximum absolute atomic E-state index is 13.6. The van der Waals surface area contributed by atoms with Crippen LogP contribution in [-0.2, 0) is 25.1 Å². The average molecular weight is 423 g/mol. The molecule has 3 aromatic heterocycles. The lowest BCUT2D eigenvalue weighted by molar-refractivity contribution is 0.476. The Morgan fingerprint density at radius 1 is 1.17 bits per heavy atom. The second-order valence-corrected chi connectivity index (χ2v) is 9.50. The second kappa shape index (κ2) is 7.84. The van der Waals surface area contributed by atoms with Crippen LogP contribution >= 0.6 is 23.1 Å². The zero-order valence-electron chi connectivity index (χ0n) is 16.3. The molecular formula is C23H22N2O2S2. The molecule has 4 nitrogen and oxygen atoms in total. The zero-order chi connectivity index (χ0) is 19.8. The molecule has 29 heavy (non-hydrogen) atoms. The van der Waals surface area contributed by atoms with Gasteiger partial charge in [-0.3, -0.25) is 9.36 Å². The molecule has 0 spiro atoms. The van der Waals surface area contributed by atoms with Crippen LogP contribution in [0.25, 0.3) is 10.2 Å². The third kappa shape index (κ3) is 3.55. The van der Waals surface area contributed by atoms with Gasteiger partial charge in [0.15, 0.2) is 5.16 Å². The summed E-state index contributed by atoms with van der Waals surface area (Å²) in [5, 5.41) is 1.59. The van der Waals surface area contributed by atoms with E-state index in [0.717, 1.165) is 46.1 Å². The van der Waals surface area contributed by atoms with E-state index in [9.17, 15) is 4.79 Å². The van der Waals surface area contributed by atoms with Crippen molar-refractivity contribution in [3.8, 4) is 0 Å². The maximum atomic E-state index is 13.6. The summed E-state index contributed by atoms with van der Waals surface area (Å²) in [7, 11) is 0. The lowest BCUT2D eigenvalue weighted by Crippen LogP contribution is -2.24. The van der Waals surface area contributed by atoms with Gasteiger partial charge in [-0.25, -0.2) is 4.98 Å². The third-order valence-corrected chi connectivity index (χ3v) is 7.76. The minimum absolute atomic E-state index is 0.0677. The Hall–Kier alpha value is -2.31. The molecule has 0 atom stereocenters. The molecule has 6 heteroatoms. The summed E-state index contributed by atoms with van der Waals surface area (Å²) in [6.07, 6.45) is 6.07. The van der Waals surface area contributed by atoms with Gasteiger partial charge in [-0.05, 0) is 61.4 Å². The number of furan rings is 1. The quantitative estimate of drug-likeness (QED) is 0.311. The number of thioether (sulfide) groups is 1. The van der Waals surface area contributed by atoms with Gasteiger partial charge in [-0.15, -0.1) is 11.3 Å². The highest BCUT2D eigenvalue weighted by Gasteiger charge is 2.22. The van der Waals surface area contributed by atoms with Gasteiger partial charge in [-0.1, -0.05) is 36.0 Å². The maximum Gasteiger partial charge on any atom is 0.263 e. The third-order valence-electron chi connectivity index (χ3n) is 5.55. The molecule has 0 amide bonds. The van der Waals surface area contributed by atoms with Crippen LogP contribution in [0.2, 0.25) is 0 Å². The topological polar surface area (TPSA) is 48.0 Å². The number of thiophene rings is 1. The zero-order valence-corrected chi connectivity index (χ0v) is 17.9. The molecular weight excluding hydrogens is 400 g/mol. The Morgan fingerprint density at radius 3 is 2.86 bits per heavy atom. The first kappa shape index (κ1) is 18.7. The molecule has 1 aliphatic carbocycles. The molecule has 0 aliphatic heterocycles. The van der Waals surface area contributed by atoms with E-state index >= 15 is 0 Å². The number of hydrogen-bond donors (Lipinski definition) is 0. The first-order chi connectivity index (χ1) is 14.2. The molecule has 0 saturated heterocycles. The molecule has 148 valence electrons. The van der Waals surface area contributed by atoms with Crippen LogP contribution in [-0.4, -0.2) is 9.55 Å². The number of nitrogens with zero attached hydrogens (tertiary/aromatic N) is 2. The van der Waals surface area contributed by atoms with Crippen LogP contribution in [0.15, 0.2) is 57.0 Å². The van der Waals surface area contributed by atoms with Crippen molar-refractivity contribution in [2.24, 2.45) is 0 Å². The number of hydrogen-bond acceptors (Lipinski definition) is 5. The number of benzene rings is 1. The van der Waals surface area contributed by atoms with E-state index in [1.807, 2.05) is 12.1 Å². The lowest BCUT2D eigenvalue weighted by Gasteiger charge is -2.13. The van der Waals surface area contributed by atoms with Crippen LogP contribution in [0.1, 0.15) is 40.2 Å². The molecule has 5 rings (SSSR count). The lowest BCUT2D eigenvalue weighted by atomic mass is 9.97. The highest BCUT2D eigenvalue weighted by molar-refractivity contribution is 7.98. The summed E-state index contributed by atoms with van der Waals surface area (Å²) in [4.78, 5) is 20.8. The molecule has 0 radical (unpaired) electrons. The number of aromatic nitrogens is 2. The van der Waals surface area contributed by atoms with Gasteiger partial charge < -0.3 is 4.42 Å². The Morgan fingerprint density at radius 2 is 2.03 bits per heavy atom. The van der Waals surface area contributed by atoms with Crippen molar-refractivity contribution in [2.75, 3.05) is 0 Å². The Balaban J connectivity index is 1.60. The molecule has 0 saturated carbocycles. The van der Waals surface area contributed by atoms with E-state index in [0.29, 0.717) is 6.54 Å². The summed E-state index contributed by atoms with van der Waals surface area (Å²) in [6.45, 7) is 2.53. The summed E-state index contributed by atoms with van der Waals surface area (Å²) < 4.78 is 7.34. The molecule has 3 heterocycles. The predicted octanol–water partition coefficient (Wildman–Crippen LogP) is 5.58. The van der Waals surface area contributed by atoms with Crippen molar-refractivity contribution >= 4 is 33.3 Å².